The number of carbonyl (C=O) groups excluding carboxylic acids is 1. The molecule has 0 bridgehead atoms. The number of aryl methyl sites for hydroxylation is 1. The van der Waals surface area contributed by atoms with E-state index in [2.05, 4.69) is 0 Å². The zero-order chi connectivity index (χ0) is 18.0. The van der Waals surface area contributed by atoms with Crippen molar-refractivity contribution in [2.45, 2.75) is 6.92 Å². The van der Waals surface area contributed by atoms with E-state index in [0.29, 0.717) is 29.4 Å². The van der Waals surface area contributed by atoms with E-state index in [4.69, 9.17) is 10.5 Å². The molecule has 0 saturated heterocycles. The number of carbonyl (C=O) groups is 1. The smallest absolute Gasteiger partial charge is 0.294 e. The molecule has 0 spiro atoms. The molecule has 0 atom stereocenters. The monoisotopic (exact) mass is 337 g/mol. The normalized spacial score (nSPS) is 15.4. The molecule has 1 heterocycles. The van der Waals surface area contributed by atoms with E-state index in [1.54, 1.807) is 23.1 Å². The minimum Gasteiger partial charge on any atom is -0.449 e. The Morgan fingerprint density at radius 1 is 1.20 bits per heavy atom. The van der Waals surface area contributed by atoms with Crippen LogP contribution in [0, 0.1) is 6.92 Å². The largest absolute Gasteiger partial charge is 0.449 e. The number of rotatable bonds is 4. The van der Waals surface area contributed by atoms with Crippen molar-refractivity contribution < 1.29 is 9.53 Å². The van der Waals surface area contributed by atoms with E-state index < -0.39 is 0 Å². The minimum absolute atomic E-state index is 0.151. The highest BCUT2D eigenvalue weighted by Gasteiger charge is 2.30. The average molecular weight is 337 g/mol. The lowest BCUT2D eigenvalue weighted by molar-refractivity contribution is -0.117. The van der Waals surface area contributed by atoms with Crippen LogP contribution in [0.15, 0.2) is 48.2 Å². The van der Waals surface area contributed by atoms with E-state index >= 15 is 0 Å². The molecule has 3 rings (SSSR count). The maximum atomic E-state index is 13.0. The van der Waals surface area contributed by atoms with Gasteiger partial charge in [0.1, 0.15) is 0 Å². The molecular weight excluding hydrogens is 314 g/mol. The highest BCUT2D eigenvalue weighted by atomic mass is 16.5. The molecular formula is C20H23N3O2. The Morgan fingerprint density at radius 2 is 2.00 bits per heavy atom. The number of nitrogens with zero attached hydrogens (tertiary/aromatic N) is 2. The SMILES string of the molecule is Cc1cccc(/C=C2/Oc3ccc(N)cc3N(CCN(C)C)C2=O)c1. The summed E-state index contributed by atoms with van der Waals surface area (Å²) < 4.78 is 5.88. The number of nitrogens with two attached hydrogens (primary N) is 1. The molecule has 1 amide bonds. The molecule has 0 saturated carbocycles. The highest BCUT2D eigenvalue weighted by Crippen LogP contribution is 2.37. The van der Waals surface area contributed by atoms with Gasteiger partial charge in [0.15, 0.2) is 11.5 Å². The summed E-state index contributed by atoms with van der Waals surface area (Å²) >= 11 is 0. The number of benzene rings is 2. The summed E-state index contributed by atoms with van der Waals surface area (Å²) in [5, 5.41) is 0. The van der Waals surface area contributed by atoms with E-state index in [1.165, 1.54) is 0 Å². The molecule has 5 nitrogen and oxygen atoms in total. The van der Waals surface area contributed by atoms with Gasteiger partial charge in [0, 0.05) is 18.8 Å². The summed E-state index contributed by atoms with van der Waals surface area (Å²) in [5.74, 6) is 0.814. The number of hydrogen-bond acceptors (Lipinski definition) is 4. The lowest BCUT2D eigenvalue weighted by Crippen LogP contribution is -2.41. The molecule has 0 aromatic heterocycles. The minimum atomic E-state index is -0.151. The van der Waals surface area contributed by atoms with Crippen LogP contribution in [0.1, 0.15) is 11.1 Å². The van der Waals surface area contributed by atoms with Gasteiger partial charge in [0.25, 0.3) is 5.91 Å². The quantitative estimate of drug-likeness (QED) is 0.688. The maximum Gasteiger partial charge on any atom is 0.294 e. The third-order valence-electron chi connectivity index (χ3n) is 4.06. The Morgan fingerprint density at radius 3 is 2.72 bits per heavy atom. The molecule has 130 valence electrons. The predicted octanol–water partition coefficient (Wildman–Crippen LogP) is 2.91. The van der Waals surface area contributed by atoms with Crippen molar-refractivity contribution >= 4 is 23.4 Å². The Hall–Kier alpha value is -2.79. The number of likely N-dealkylation sites (N-methyl/N-ethyl adjacent to an activating group) is 1. The van der Waals surface area contributed by atoms with Crippen LogP contribution >= 0.6 is 0 Å². The zero-order valence-electron chi connectivity index (χ0n) is 14.8. The van der Waals surface area contributed by atoms with E-state index in [-0.39, 0.29) is 5.91 Å². The van der Waals surface area contributed by atoms with Crippen LogP contribution in [0.25, 0.3) is 6.08 Å². The van der Waals surface area contributed by atoms with E-state index in [1.807, 2.05) is 56.3 Å². The number of amides is 1. The van der Waals surface area contributed by atoms with Crippen LogP contribution in [-0.2, 0) is 4.79 Å². The third-order valence-corrected chi connectivity index (χ3v) is 4.06. The number of fused-ring (bicyclic) bond motifs is 1. The van der Waals surface area contributed by atoms with Gasteiger partial charge in [-0.1, -0.05) is 29.8 Å². The topological polar surface area (TPSA) is 58.8 Å². The highest BCUT2D eigenvalue weighted by molar-refractivity contribution is 6.10. The van der Waals surface area contributed by atoms with Gasteiger partial charge >= 0.3 is 0 Å². The van der Waals surface area contributed by atoms with Gasteiger partial charge in [-0.2, -0.15) is 0 Å². The Labute approximate surface area is 148 Å². The van der Waals surface area contributed by atoms with E-state index in [9.17, 15) is 4.79 Å². The standard InChI is InChI=1S/C20H23N3O2/c1-14-5-4-6-15(11-14)12-19-20(24)23(10-9-22(2)3)17-13-16(21)7-8-18(17)25-19/h4-8,11-13H,9-10,21H2,1-3H3/b19-12+. The van der Waals surface area contributed by atoms with Gasteiger partial charge in [-0.15, -0.1) is 0 Å². The lowest BCUT2D eigenvalue weighted by atomic mass is 10.1. The Bertz CT molecular complexity index is 827. The molecule has 0 unspecified atom stereocenters. The summed E-state index contributed by atoms with van der Waals surface area (Å²) in [6.45, 7) is 3.33. The zero-order valence-corrected chi connectivity index (χ0v) is 14.8. The van der Waals surface area contributed by atoms with Gasteiger partial charge < -0.3 is 20.3 Å². The van der Waals surface area contributed by atoms with Crippen molar-refractivity contribution in [2.24, 2.45) is 0 Å². The van der Waals surface area contributed by atoms with Crippen molar-refractivity contribution in [2.75, 3.05) is 37.8 Å². The molecule has 0 aliphatic carbocycles. The molecule has 0 radical (unpaired) electrons. The third kappa shape index (κ3) is 3.83. The molecule has 2 aromatic rings. The van der Waals surface area contributed by atoms with Gasteiger partial charge in [0.05, 0.1) is 5.69 Å². The fraction of sp³-hybridized carbons (Fsp3) is 0.250. The summed E-state index contributed by atoms with van der Waals surface area (Å²) in [4.78, 5) is 16.7. The first-order valence-corrected chi connectivity index (χ1v) is 8.26. The van der Waals surface area contributed by atoms with Gasteiger partial charge in [0.2, 0.25) is 0 Å². The second-order valence-corrected chi connectivity index (χ2v) is 6.51. The lowest BCUT2D eigenvalue weighted by Gasteiger charge is -2.31. The van der Waals surface area contributed by atoms with Gasteiger partial charge in [-0.25, -0.2) is 0 Å². The summed E-state index contributed by atoms with van der Waals surface area (Å²) in [6.07, 6.45) is 1.79. The van der Waals surface area contributed by atoms with Crippen LogP contribution < -0.4 is 15.4 Å². The van der Waals surface area contributed by atoms with Crippen molar-refractivity contribution in [1.82, 2.24) is 4.90 Å². The van der Waals surface area contributed by atoms with Crippen LogP contribution in [-0.4, -0.2) is 38.0 Å². The molecule has 25 heavy (non-hydrogen) atoms. The van der Waals surface area contributed by atoms with Gasteiger partial charge in [-0.05, 0) is 50.9 Å². The first-order valence-electron chi connectivity index (χ1n) is 8.26. The van der Waals surface area contributed by atoms with Crippen molar-refractivity contribution in [3.8, 4) is 5.75 Å². The molecule has 2 aromatic carbocycles. The van der Waals surface area contributed by atoms with Crippen molar-refractivity contribution in [3.63, 3.8) is 0 Å². The van der Waals surface area contributed by atoms with Crippen molar-refractivity contribution in [1.29, 1.82) is 0 Å². The second kappa shape index (κ2) is 6.99. The van der Waals surface area contributed by atoms with Crippen LogP contribution in [0.4, 0.5) is 11.4 Å². The molecule has 1 aliphatic heterocycles. The summed E-state index contributed by atoms with van der Waals surface area (Å²) in [6, 6.07) is 13.3. The second-order valence-electron chi connectivity index (χ2n) is 6.51. The van der Waals surface area contributed by atoms with Gasteiger partial charge in [-0.3, -0.25) is 4.79 Å². The molecule has 1 aliphatic rings. The van der Waals surface area contributed by atoms with Crippen LogP contribution in [0.3, 0.4) is 0 Å². The first-order chi connectivity index (χ1) is 11.9. The number of anilines is 2. The number of nitrogen functional groups attached to an aromatic ring is 1. The number of hydrogen-bond donors (Lipinski definition) is 1. The molecule has 2 N–H and O–H groups in total. The summed E-state index contributed by atoms with van der Waals surface area (Å²) in [7, 11) is 3.96. The maximum absolute atomic E-state index is 13.0. The average Bonchev–Trinajstić information content (AvgIpc) is 2.55. The molecule has 0 fully saturated rings. The fourth-order valence-corrected chi connectivity index (χ4v) is 2.76. The Kier molecular flexibility index (Phi) is 4.76. The first kappa shape index (κ1) is 17.0. The molecule has 5 heteroatoms. The van der Waals surface area contributed by atoms with Crippen molar-refractivity contribution in [3.05, 3.63) is 59.4 Å². The number of ether oxygens (including phenoxy) is 1. The fourth-order valence-electron chi connectivity index (χ4n) is 2.76. The van der Waals surface area contributed by atoms with E-state index in [0.717, 1.165) is 17.7 Å². The predicted molar refractivity (Wildman–Crippen MR) is 102 cm³/mol. The Balaban J connectivity index is 2.00. The summed E-state index contributed by atoms with van der Waals surface area (Å²) in [5.41, 5.74) is 9.30. The van der Waals surface area contributed by atoms with Crippen LogP contribution in [0.5, 0.6) is 5.75 Å². The van der Waals surface area contributed by atoms with Crippen LogP contribution in [0.2, 0.25) is 0 Å².